The van der Waals surface area contributed by atoms with Crippen LogP contribution in [0.1, 0.15) is 42.2 Å². The number of para-hydroxylation sites is 1. The van der Waals surface area contributed by atoms with Crippen molar-refractivity contribution >= 4 is 11.9 Å². The Morgan fingerprint density at radius 1 is 0.886 bits per heavy atom. The van der Waals surface area contributed by atoms with Gasteiger partial charge in [-0.15, -0.1) is 0 Å². The van der Waals surface area contributed by atoms with E-state index in [0.29, 0.717) is 5.92 Å². The van der Waals surface area contributed by atoms with Crippen LogP contribution in [0.3, 0.4) is 0 Å². The van der Waals surface area contributed by atoms with Crippen molar-refractivity contribution < 1.29 is 24.5 Å². The van der Waals surface area contributed by atoms with Gasteiger partial charge in [-0.25, -0.2) is 9.59 Å². The van der Waals surface area contributed by atoms with E-state index in [9.17, 15) is 0 Å². The molecule has 1 unspecified atom stereocenters. The Hall–Kier alpha value is -3.58. The van der Waals surface area contributed by atoms with Gasteiger partial charge in [0.05, 0.1) is 12.2 Å². The highest BCUT2D eigenvalue weighted by molar-refractivity contribution is 6.27. The number of rotatable bonds is 5. The number of piperidine rings is 1. The van der Waals surface area contributed by atoms with Gasteiger partial charge in [0.15, 0.2) is 0 Å². The molecule has 0 bridgehead atoms. The molecule has 3 heterocycles. The average Bonchev–Trinajstić information content (AvgIpc) is 3.26. The fraction of sp³-hybridized carbons (Fsp3) is 0.357. The molecule has 7 nitrogen and oxygen atoms in total. The summed E-state index contributed by atoms with van der Waals surface area (Å²) < 4.78 is 8.99. The molecule has 0 aliphatic carbocycles. The van der Waals surface area contributed by atoms with Gasteiger partial charge in [-0.1, -0.05) is 48.5 Å². The molecule has 1 atom stereocenters. The second-order valence-corrected chi connectivity index (χ2v) is 9.09. The fourth-order valence-corrected chi connectivity index (χ4v) is 4.93. The number of hydrogen-bond acceptors (Lipinski definition) is 4. The zero-order chi connectivity index (χ0) is 24.6. The van der Waals surface area contributed by atoms with Crippen LogP contribution >= 0.6 is 0 Å². The van der Waals surface area contributed by atoms with E-state index in [1.165, 1.54) is 62.1 Å². The predicted octanol–water partition coefficient (Wildman–Crippen LogP) is 4.47. The van der Waals surface area contributed by atoms with E-state index in [1.54, 1.807) is 0 Å². The van der Waals surface area contributed by atoms with Crippen molar-refractivity contribution in [3.05, 3.63) is 89.7 Å². The number of ether oxygens (including phenoxy) is 1. The first-order valence-corrected chi connectivity index (χ1v) is 12.1. The predicted molar refractivity (Wildman–Crippen MR) is 133 cm³/mol. The molecule has 0 spiro atoms. The minimum absolute atomic E-state index is 0.167. The number of likely N-dealkylation sites (tertiary alicyclic amines) is 1. The zero-order valence-electron chi connectivity index (χ0n) is 19.8. The van der Waals surface area contributed by atoms with E-state index in [4.69, 9.17) is 24.5 Å². The van der Waals surface area contributed by atoms with E-state index < -0.39 is 11.9 Å². The molecular weight excluding hydrogens is 444 g/mol. The Labute approximate surface area is 205 Å². The molecule has 0 radical (unpaired) electrons. The molecule has 184 valence electrons. The van der Waals surface area contributed by atoms with Gasteiger partial charge in [-0.05, 0) is 69.1 Å². The first-order chi connectivity index (χ1) is 17.0. The van der Waals surface area contributed by atoms with Gasteiger partial charge >= 0.3 is 11.9 Å². The van der Waals surface area contributed by atoms with Crippen molar-refractivity contribution in [2.75, 3.05) is 19.6 Å². The van der Waals surface area contributed by atoms with E-state index in [0.717, 1.165) is 12.3 Å². The SMILES string of the molecule is O=C(O)C(=O)O.c1ccc(CCCN2CCC(C3Oc4ccccc4Cn4cccc43)CC2)cc1. The maximum Gasteiger partial charge on any atom is 0.414 e. The second kappa shape index (κ2) is 11.7. The lowest BCUT2D eigenvalue weighted by Crippen LogP contribution is -2.37. The summed E-state index contributed by atoms with van der Waals surface area (Å²) in [5.41, 5.74) is 4.07. The molecule has 1 fully saturated rings. The first kappa shape index (κ1) is 24.5. The Bertz CT molecular complexity index is 1110. The highest BCUT2D eigenvalue weighted by Gasteiger charge is 2.32. The maximum absolute atomic E-state index is 9.10. The molecule has 1 saturated heterocycles. The van der Waals surface area contributed by atoms with Crippen molar-refractivity contribution in [1.29, 1.82) is 0 Å². The van der Waals surface area contributed by atoms with Crippen molar-refractivity contribution in [1.82, 2.24) is 9.47 Å². The van der Waals surface area contributed by atoms with Gasteiger partial charge in [0.25, 0.3) is 0 Å². The molecule has 2 aliphatic heterocycles. The number of carboxylic acid groups (broad SMARTS) is 2. The summed E-state index contributed by atoms with van der Waals surface area (Å²) in [6.45, 7) is 4.48. The minimum Gasteiger partial charge on any atom is -0.484 e. The second-order valence-electron chi connectivity index (χ2n) is 9.09. The number of aliphatic carboxylic acids is 2. The normalized spacial score (nSPS) is 17.7. The summed E-state index contributed by atoms with van der Waals surface area (Å²) in [6, 6.07) is 23.8. The van der Waals surface area contributed by atoms with Gasteiger partial charge in [-0.3, -0.25) is 0 Å². The molecule has 2 aliphatic rings. The van der Waals surface area contributed by atoms with Gasteiger partial charge in [0.2, 0.25) is 0 Å². The van der Waals surface area contributed by atoms with Crippen molar-refractivity contribution in [2.45, 2.75) is 38.3 Å². The monoisotopic (exact) mass is 476 g/mol. The summed E-state index contributed by atoms with van der Waals surface area (Å²) in [7, 11) is 0. The fourth-order valence-electron chi connectivity index (χ4n) is 4.93. The average molecular weight is 477 g/mol. The number of aromatic nitrogens is 1. The quantitative estimate of drug-likeness (QED) is 0.528. The third-order valence-corrected chi connectivity index (χ3v) is 6.75. The Morgan fingerprint density at radius 2 is 1.57 bits per heavy atom. The Morgan fingerprint density at radius 3 is 2.29 bits per heavy atom. The van der Waals surface area contributed by atoms with Crippen LogP contribution < -0.4 is 4.74 Å². The van der Waals surface area contributed by atoms with Gasteiger partial charge < -0.3 is 24.4 Å². The van der Waals surface area contributed by atoms with Crippen LogP contribution in [0.4, 0.5) is 0 Å². The largest absolute Gasteiger partial charge is 0.484 e. The summed E-state index contributed by atoms with van der Waals surface area (Å²) >= 11 is 0. The lowest BCUT2D eigenvalue weighted by atomic mass is 9.89. The highest BCUT2D eigenvalue weighted by Crippen LogP contribution is 2.38. The minimum atomic E-state index is -1.82. The molecule has 5 rings (SSSR count). The van der Waals surface area contributed by atoms with Crippen LogP contribution in [0.2, 0.25) is 0 Å². The van der Waals surface area contributed by atoms with Crippen LogP contribution in [-0.4, -0.2) is 51.3 Å². The molecule has 0 amide bonds. The molecular formula is C28H32N2O5. The van der Waals surface area contributed by atoms with E-state index in [2.05, 4.69) is 82.4 Å². The standard InChI is InChI=1S/C26H30N2O.C2H2O4/c1-2-8-21(9-3-1)10-6-16-27-18-14-22(15-19-27)26-24-12-7-17-28(24)20-23-11-4-5-13-25(23)29-26;3-1(4)2(5)6/h1-5,7-9,11-13,17,22,26H,6,10,14-16,18-20H2;(H,3,4)(H,5,6). The molecule has 1 aromatic heterocycles. The molecule has 7 heteroatoms. The number of fused-ring (bicyclic) bond motifs is 2. The lowest BCUT2D eigenvalue weighted by Gasteiger charge is -2.36. The van der Waals surface area contributed by atoms with Crippen molar-refractivity contribution in [2.24, 2.45) is 5.92 Å². The van der Waals surface area contributed by atoms with Crippen LogP contribution in [0.5, 0.6) is 5.75 Å². The first-order valence-electron chi connectivity index (χ1n) is 12.1. The Balaban J connectivity index is 0.000000431. The van der Waals surface area contributed by atoms with Crippen LogP contribution in [0.15, 0.2) is 72.9 Å². The number of carboxylic acids is 2. The van der Waals surface area contributed by atoms with Crippen LogP contribution in [0, 0.1) is 5.92 Å². The summed E-state index contributed by atoms with van der Waals surface area (Å²) in [5, 5.41) is 14.8. The van der Waals surface area contributed by atoms with Crippen molar-refractivity contribution in [3.8, 4) is 5.75 Å². The summed E-state index contributed by atoms with van der Waals surface area (Å²) in [4.78, 5) is 20.8. The van der Waals surface area contributed by atoms with E-state index in [1.807, 2.05) is 0 Å². The molecule has 0 saturated carbocycles. The molecule has 3 aromatic rings. The molecule has 2 N–H and O–H groups in total. The number of carbonyl (C=O) groups is 2. The highest BCUT2D eigenvalue weighted by atomic mass is 16.5. The zero-order valence-corrected chi connectivity index (χ0v) is 19.8. The van der Waals surface area contributed by atoms with E-state index in [-0.39, 0.29) is 6.10 Å². The van der Waals surface area contributed by atoms with Gasteiger partial charge in [0, 0.05) is 17.7 Å². The molecule has 2 aromatic carbocycles. The number of nitrogens with zero attached hydrogens (tertiary/aromatic N) is 2. The Kier molecular flexibility index (Phi) is 8.21. The number of hydrogen-bond donors (Lipinski definition) is 2. The van der Waals surface area contributed by atoms with Crippen LogP contribution in [-0.2, 0) is 22.6 Å². The topological polar surface area (TPSA) is 92.0 Å². The van der Waals surface area contributed by atoms with E-state index >= 15 is 0 Å². The maximum atomic E-state index is 9.10. The van der Waals surface area contributed by atoms with Crippen LogP contribution in [0.25, 0.3) is 0 Å². The lowest BCUT2D eigenvalue weighted by molar-refractivity contribution is -0.159. The number of aryl methyl sites for hydroxylation is 1. The third-order valence-electron chi connectivity index (χ3n) is 6.75. The molecule has 35 heavy (non-hydrogen) atoms. The summed E-state index contributed by atoms with van der Waals surface area (Å²) in [5.74, 6) is -2.00. The number of benzene rings is 2. The van der Waals surface area contributed by atoms with Gasteiger partial charge in [0.1, 0.15) is 11.9 Å². The third kappa shape index (κ3) is 6.51. The summed E-state index contributed by atoms with van der Waals surface area (Å²) in [6.07, 6.45) is 7.21. The smallest absolute Gasteiger partial charge is 0.414 e. The van der Waals surface area contributed by atoms with Gasteiger partial charge in [-0.2, -0.15) is 0 Å². The van der Waals surface area contributed by atoms with Crippen molar-refractivity contribution in [3.63, 3.8) is 0 Å².